The Morgan fingerprint density at radius 1 is 1.46 bits per heavy atom. The molecule has 0 amide bonds. The van der Waals surface area contributed by atoms with Gasteiger partial charge >= 0.3 is 0 Å². The summed E-state index contributed by atoms with van der Waals surface area (Å²) in [6.07, 6.45) is 6.68. The molecule has 0 bridgehead atoms. The van der Waals surface area contributed by atoms with Gasteiger partial charge < -0.3 is 10.0 Å². The largest absolute Gasteiger partial charge is 0.390 e. The smallest absolute Gasteiger partial charge is 0.0663 e. The number of rotatable bonds is 3. The van der Waals surface area contributed by atoms with Gasteiger partial charge in [0.05, 0.1) is 5.60 Å². The van der Waals surface area contributed by atoms with Crippen molar-refractivity contribution in [3.63, 3.8) is 0 Å². The van der Waals surface area contributed by atoms with Crippen molar-refractivity contribution in [2.24, 2.45) is 0 Å². The van der Waals surface area contributed by atoms with Crippen LogP contribution < -0.4 is 0 Å². The van der Waals surface area contributed by atoms with Crippen molar-refractivity contribution in [3.8, 4) is 0 Å². The van der Waals surface area contributed by atoms with Gasteiger partial charge in [-0.2, -0.15) is 0 Å². The Morgan fingerprint density at radius 2 is 2.23 bits per heavy atom. The predicted molar refractivity (Wildman–Crippen MR) is 55.7 cm³/mol. The van der Waals surface area contributed by atoms with Crippen molar-refractivity contribution in [2.45, 2.75) is 37.7 Å². The lowest BCUT2D eigenvalue weighted by Gasteiger charge is -2.25. The first-order chi connectivity index (χ1) is 6.16. The van der Waals surface area contributed by atoms with Gasteiger partial charge in [-0.1, -0.05) is 6.08 Å². The van der Waals surface area contributed by atoms with Crippen LogP contribution in [0.4, 0.5) is 0 Å². The Bertz CT molecular complexity index is 169. The predicted octanol–water partition coefficient (Wildman–Crippen LogP) is 1.80. The molecule has 0 saturated carbocycles. The Hall–Kier alpha value is -0.340. The van der Waals surface area contributed by atoms with Crippen molar-refractivity contribution in [3.05, 3.63) is 12.7 Å². The molecule has 1 heterocycles. The normalized spacial score (nSPS) is 31.2. The maximum atomic E-state index is 10.2. The van der Waals surface area contributed by atoms with E-state index in [-0.39, 0.29) is 0 Å². The second-order valence-corrected chi connectivity index (χ2v) is 4.21. The van der Waals surface area contributed by atoms with E-state index in [1.807, 2.05) is 6.08 Å². The first-order valence-corrected chi connectivity index (χ1v) is 5.18. The minimum Gasteiger partial charge on any atom is -0.390 e. The number of hydrogen-bond donors (Lipinski definition) is 1. The third-order valence-electron chi connectivity index (χ3n) is 2.95. The minimum atomic E-state index is -0.418. The maximum absolute atomic E-state index is 10.2. The fourth-order valence-corrected chi connectivity index (χ4v) is 1.93. The number of allylic oxidation sites excluding steroid dienone is 1. The van der Waals surface area contributed by atoms with E-state index in [1.54, 1.807) is 0 Å². The van der Waals surface area contributed by atoms with Gasteiger partial charge in [0.25, 0.3) is 0 Å². The maximum Gasteiger partial charge on any atom is 0.0663 e. The standard InChI is InChI=1S/C11H21NO/c1-3-4-6-11(13)7-5-9-12(2)10-8-11/h3,13H,1,4-10H2,2H3. The zero-order valence-corrected chi connectivity index (χ0v) is 8.63. The van der Waals surface area contributed by atoms with Gasteiger partial charge in [-0.25, -0.2) is 0 Å². The summed E-state index contributed by atoms with van der Waals surface area (Å²) in [5, 5.41) is 10.2. The topological polar surface area (TPSA) is 23.5 Å². The van der Waals surface area contributed by atoms with Crippen molar-refractivity contribution >= 4 is 0 Å². The van der Waals surface area contributed by atoms with E-state index >= 15 is 0 Å². The van der Waals surface area contributed by atoms with Crippen molar-refractivity contribution in [2.75, 3.05) is 20.1 Å². The summed E-state index contributed by atoms with van der Waals surface area (Å²) in [6.45, 7) is 5.84. The minimum absolute atomic E-state index is 0.418. The van der Waals surface area contributed by atoms with Gasteiger partial charge in [0.15, 0.2) is 0 Å². The third-order valence-corrected chi connectivity index (χ3v) is 2.95. The quantitative estimate of drug-likeness (QED) is 0.674. The van der Waals surface area contributed by atoms with Gasteiger partial charge in [0.2, 0.25) is 0 Å². The van der Waals surface area contributed by atoms with Gasteiger partial charge in [0.1, 0.15) is 0 Å². The van der Waals surface area contributed by atoms with Crippen LogP contribution in [0, 0.1) is 0 Å². The molecule has 1 aliphatic heterocycles. The fourth-order valence-electron chi connectivity index (χ4n) is 1.93. The van der Waals surface area contributed by atoms with E-state index in [4.69, 9.17) is 0 Å². The lowest BCUT2D eigenvalue weighted by Crippen LogP contribution is -2.29. The van der Waals surface area contributed by atoms with E-state index in [1.165, 1.54) is 0 Å². The van der Waals surface area contributed by atoms with Gasteiger partial charge in [-0.15, -0.1) is 6.58 Å². The van der Waals surface area contributed by atoms with E-state index in [2.05, 4.69) is 18.5 Å². The fraction of sp³-hybridized carbons (Fsp3) is 0.818. The highest BCUT2D eigenvalue weighted by molar-refractivity contribution is 4.85. The molecular formula is C11H21NO. The molecule has 1 N–H and O–H groups in total. The molecule has 76 valence electrons. The molecule has 0 aromatic carbocycles. The van der Waals surface area contributed by atoms with Crippen LogP contribution in [0.15, 0.2) is 12.7 Å². The van der Waals surface area contributed by atoms with Crippen molar-refractivity contribution in [1.82, 2.24) is 4.90 Å². The first-order valence-electron chi connectivity index (χ1n) is 5.18. The molecule has 0 radical (unpaired) electrons. The van der Waals surface area contributed by atoms with Crippen LogP contribution in [-0.2, 0) is 0 Å². The van der Waals surface area contributed by atoms with Crippen LogP contribution in [0.25, 0.3) is 0 Å². The Labute approximate surface area is 81.2 Å². The number of likely N-dealkylation sites (tertiary alicyclic amines) is 1. The van der Waals surface area contributed by atoms with Crippen LogP contribution in [0.5, 0.6) is 0 Å². The second-order valence-electron chi connectivity index (χ2n) is 4.21. The van der Waals surface area contributed by atoms with Gasteiger partial charge in [-0.05, 0) is 45.7 Å². The third kappa shape index (κ3) is 3.49. The van der Waals surface area contributed by atoms with Crippen molar-refractivity contribution in [1.29, 1.82) is 0 Å². The summed E-state index contributed by atoms with van der Waals surface area (Å²) >= 11 is 0. The zero-order valence-electron chi connectivity index (χ0n) is 8.63. The molecule has 13 heavy (non-hydrogen) atoms. The molecule has 2 heteroatoms. The molecule has 1 rings (SSSR count). The van der Waals surface area contributed by atoms with Crippen molar-refractivity contribution < 1.29 is 5.11 Å². The van der Waals surface area contributed by atoms with Crippen LogP contribution in [-0.4, -0.2) is 35.7 Å². The van der Waals surface area contributed by atoms with Gasteiger partial charge in [-0.3, -0.25) is 0 Å². The summed E-state index contributed by atoms with van der Waals surface area (Å²) in [7, 11) is 2.12. The highest BCUT2D eigenvalue weighted by atomic mass is 16.3. The van der Waals surface area contributed by atoms with E-state index in [9.17, 15) is 5.11 Å². The Morgan fingerprint density at radius 3 is 2.92 bits per heavy atom. The average molecular weight is 183 g/mol. The second kappa shape index (κ2) is 4.77. The summed E-state index contributed by atoms with van der Waals surface area (Å²) in [6, 6.07) is 0. The van der Waals surface area contributed by atoms with E-state index < -0.39 is 5.60 Å². The molecule has 2 nitrogen and oxygen atoms in total. The number of aliphatic hydroxyl groups is 1. The highest BCUT2D eigenvalue weighted by Gasteiger charge is 2.27. The van der Waals surface area contributed by atoms with Crippen LogP contribution >= 0.6 is 0 Å². The van der Waals surface area contributed by atoms with E-state index in [0.717, 1.165) is 45.2 Å². The van der Waals surface area contributed by atoms with Crippen LogP contribution in [0.3, 0.4) is 0 Å². The van der Waals surface area contributed by atoms with Crippen LogP contribution in [0.1, 0.15) is 32.1 Å². The summed E-state index contributed by atoms with van der Waals surface area (Å²) in [4.78, 5) is 2.30. The molecular weight excluding hydrogens is 162 g/mol. The molecule has 1 unspecified atom stereocenters. The lowest BCUT2D eigenvalue weighted by molar-refractivity contribution is 0.0185. The SMILES string of the molecule is C=CCCC1(O)CCCN(C)CC1. The Kier molecular flexibility index (Phi) is 3.94. The summed E-state index contributed by atoms with van der Waals surface area (Å²) < 4.78 is 0. The first kappa shape index (κ1) is 10.7. The van der Waals surface area contributed by atoms with Crippen LogP contribution in [0.2, 0.25) is 0 Å². The molecule has 1 saturated heterocycles. The number of hydrogen-bond acceptors (Lipinski definition) is 2. The summed E-state index contributed by atoms with van der Waals surface area (Å²) in [5.74, 6) is 0. The molecule has 1 atom stereocenters. The molecule has 1 aliphatic rings. The van der Waals surface area contributed by atoms with Gasteiger partial charge in [0, 0.05) is 6.54 Å². The molecule has 0 aromatic heterocycles. The lowest BCUT2D eigenvalue weighted by atomic mass is 9.90. The van der Waals surface area contributed by atoms with E-state index in [0.29, 0.717) is 0 Å². The monoisotopic (exact) mass is 183 g/mol. The number of nitrogens with zero attached hydrogens (tertiary/aromatic N) is 1. The average Bonchev–Trinajstić information content (AvgIpc) is 2.27. The molecule has 0 aromatic rings. The summed E-state index contributed by atoms with van der Waals surface area (Å²) in [5.41, 5.74) is -0.418. The molecule has 0 aliphatic carbocycles. The Balaban J connectivity index is 2.42. The highest BCUT2D eigenvalue weighted by Crippen LogP contribution is 2.26. The zero-order chi connectivity index (χ0) is 9.73. The molecule has 1 fully saturated rings. The molecule has 0 spiro atoms.